The molecule has 4 heterocycles. The number of fused-ring (bicyclic) bond motifs is 1. The summed E-state index contributed by atoms with van der Waals surface area (Å²) in [5.74, 6) is 0.254. The van der Waals surface area contributed by atoms with E-state index in [0.29, 0.717) is 30.9 Å². The Morgan fingerprint density at radius 2 is 1.83 bits per heavy atom. The zero-order chi connectivity index (χ0) is 20.7. The Balaban J connectivity index is 1.44. The summed E-state index contributed by atoms with van der Waals surface area (Å²) in [6.45, 7) is 3.67. The van der Waals surface area contributed by atoms with Crippen molar-refractivity contribution >= 4 is 11.8 Å². The van der Waals surface area contributed by atoms with Crippen LogP contribution in [-0.2, 0) is 0 Å². The van der Waals surface area contributed by atoms with E-state index >= 15 is 0 Å². The van der Waals surface area contributed by atoms with E-state index in [9.17, 15) is 9.59 Å². The lowest BCUT2D eigenvalue weighted by atomic mass is 9.89. The molecule has 0 radical (unpaired) electrons. The van der Waals surface area contributed by atoms with Gasteiger partial charge in [0.15, 0.2) is 0 Å². The van der Waals surface area contributed by atoms with Crippen LogP contribution in [0.25, 0.3) is 0 Å². The highest BCUT2D eigenvalue weighted by molar-refractivity contribution is 5.94. The van der Waals surface area contributed by atoms with E-state index in [0.717, 1.165) is 11.3 Å². The summed E-state index contributed by atoms with van der Waals surface area (Å²) in [6, 6.07) is 11.6. The van der Waals surface area contributed by atoms with E-state index in [1.54, 1.807) is 18.5 Å². The largest absolute Gasteiger partial charge is 0.472 e. The fourth-order valence-electron chi connectivity index (χ4n) is 4.72. The molecule has 152 valence electrons. The topological polar surface area (TPSA) is 79.5 Å². The maximum Gasteiger partial charge on any atom is 0.274 e. The van der Waals surface area contributed by atoms with Crippen molar-refractivity contribution in [1.29, 1.82) is 0 Å². The lowest BCUT2D eigenvalue weighted by Gasteiger charge is -2.29. The number of aryl methyl sites for hydroxylation is 1. The number of benzene rings is 1. The molecule has 7 heteroatoms. The monoisotopic (exact) mass is 402 g/mol. The van der Waals surface area contributed by atoms with Gasteiger partial charge in [-0.2, -0.15) is 0 Å². The molecule has 5 rings (SSSR count). The summed E-state index contributed by atoms with van der Waals surface area (Å²) in [5.41, 5.74) is 2.77. The highest BCUT2D eigenvalue weighted by Gasteiger charge is 2.50. The maximum atomic E-state index is 13.3. The number of hydrogen-bond acceptors (Lipinski definition) is 5. The molecule has 2 aromatic heterocycles. The Morgan fingerprint density at radius 1 is 1.00 bits per heavy atom. The number of carbonyl (C=O) groups is 2. The third-order valence-electron chi connectivity index (χ3n) is 6.12. The highest BCUT2D eigenvalue weighted by atomic mass is 16.3. The summed E-state index contributed by atoms with van der Waals surface area (Å²) in [5, 5.41) is 0. The van der Waals surface area contributed by atoms with Crippen LogP contribution in [0.5, 0.6) is 0 Å². The van der Waals surface area contributed by atoms with Crippen molar-refractivity contribution < 1.29 is 14.0 Å². The second kappa shape index (κ2) is 7.40. The molecular weight excluding hydrogens is 380 g/mol. The SMILES string of the molecule is Cc1cnc(C(=O)N2C[C@@H]3CN(C(=O)c4ccoc4)C[C@@H]3[C@H]2c2ccccc2)cn1. The number of rotatable bonds is 3. The van der Waals surface area contributed by atoms with Gasteiger partial charge in [-0.3, -0.25) is 14.6 Å². The van der Waals surface area contributed by atoms with Gasteiger partial charge in [-0.15, -0.1) is 0 Å². The average molecular weight is 402 g/mol. The molecule has 2 aliphatic rings. The Kier molecular flexibility index (Phi) is 4.58. The number of furan rings is 1. The van der Waals surface area contributed by atoms with Crippen LogP contribution in [0.15, 0.2) is 65.7 Å². The molecule has 0 unspecified atom stereocenters. The minimum absolute atomic E-state index is 0.0211. The van der Waals surface area contributed by atoms with Crippen molar-refractivity contribution in [2.24, 2.45) is 11.8 Å². The van der Waals surface area contributed by atoms with Gasteiger partial charge in [-0.25, -0.2) is 4.98 Å². The number of amides is 2. The first kappa shape index (κ1) is 18.5. The molecule has 2 saturated heterocycles. The van der Waals surface area contributed by atoms with Gasteiger partial charge in [-0.1, -0.05) is 30.3 Å². The van der Waals surface area contributed by atoms with Crippen molar-refractivity contribution in [3.05, 3.63) is 83.8 Å². The Morgan fingerprint density at radius 3 is 2.53 bits per heavy atom. The predicted molar refractivity (Wildman–Crippen MR) is 109 cm³/mol. The number of hydrogen-bond donors (Lipinski definition) is 0. The first-order valence-corrected chi connectivity index (χ1v) is 10.1. The second-order valence-corrected chi connectivity index (χ2v) is 8.00. The van der Waals surface area contributed by atoms with E-state index < -0.39 is 0 Å². The Hall–Kier alpha value is -3.48. The molecule has 30 heavy (non-hydrogen) atoms. The zero-order valence-electron chi connectivity index (χ0n) is 16.6. The van der Waals surface area contributed by atoms with Crippen LogP contribution in [0.1, 0.15) is 38.1 Å². The van der Waals surface area contributed by atoms with Crippen molar-refractivity contribution in [3.63, 3.8) is 0 Å². The number of aromatic nitrogens is 2. The average Bonchev–Trinajstić information content (AvgIpc) is 3.50. The van der Waals surface area contributed by atoms with E-state index in [2.05, 4.69) is 22.1 Å². The van der Waals surface area contributed by atoms with Crippen LogP contribution >= 0.6 is 0 Å². The smallest absolute Gasteiger partial charge is 0.274 e. The summed E-state index contributed by atoms with van der Waals surface area (Å²) in [7, 11) is 0. The maximum absolute atomic E-state index is 13.3. The number of likely N-dealkylation sites (tertiary alicyclic amines) is 2. The molecule has 0 bridgehead atoms. The fraction of sp³-hybridized carbons (Fsp3) is 0.304. The van der Waals surface area contributed by atoms with Gasteiger partial charge < -0.3 is 14.2 Å². The quantitative estimate of drug-likeness (QED) is 0.673. The number of nitrogens with zero attached hydrogens (tertiary/aromatic N) is 4. The molecule has 0 spiro atoms. The van der Waals surface area contributed by atoms with Crippen LogP contribution in [0.2, 0.25) is 0 Å². The normalized spacial score (nSPS) is 22.9. The van der Waals surface area contributed by atoms with Gasteiger partial charge in [0, 0.05) is 37.7 Å². The molecular formula is C23H22N4O3. The molecule has 2 amide bonds. The molecule has 2 aliphatic heterocycles. The minimum Gasteiger partial charge on any atom is -0.472 e. The lowest BCUT2D eigenvalue weighted by molar-refractivity contribution is 0.0671. The van der Waals surface area contributed by atoms with Crippen molar-refractivity contribution in [3.8, 4) is 0 Å². The van der Waals surface area contributed by atoms with Gasteiger partial charge in [0.05, 0.1) is 29.8 Å². The first-order valence-electron chi connectivity index (χ1n) is 10.1. The third-order valence-corrected chi connectivity index (χ3v) is 6.12. The standard InChI is InChI=1S/C23H22N4O3/c1-15-9-25-20(10-24-15)23(29)27-12-18-11-26(22(28)17-7-8-30-14-17)13-19(18)21(27)16-5-3-2-4-6-16/h2-10,14,18-19,21H,11-13H2,1H3/t18-,19-,21+/m0/s1. The molecule has 3 aromatic rings. The molecule has 0 aliphatic carbocycles. The van der Waals surface area contributed by atoms with E-state index in [1.165, 1.54) is 12.5 Å². The van der Waals surface area contributed by atoms with Gasteiger partial charge in [0.1, 0.15) is 12.0 Å². The minimum atomic E-state index is -0.113. The van der Waals surface area contributed by atoms with Crippen molar-refractivity contribution in [2.45, 2.75) is 13.0 Å². The van der Waals surface area contributed by atoms with Crippen LogP contribution < -0.4 is 0 Å². The zero-order valence-corrected chi connectivity index (χ0v) is 16.6. The summed E-state index contributed by atoms with van der Waals surface area (Å²) in [4.78, 5) is 38.4. The molecule has 0 saturated carbocycles. The summed E-state index contributed by atoms with van der Waals surface area (Å²) in [6.07, 6.45) is 6.16. The van der Waals surface area contributed by atoms with E-state index in [4.69, 9.17) is 4.42 Å². The molecule has 2 fully saturated rings. The third kappa shape index (κ3) is 3.16. The van der Waals surface area contributed by atoms with Crippen molar-refractivity contribution in [1.82, 2.24) is 19.8 Å². The molecule has 7 nitrogen and oxygen atoms in total. The van der Waals surface area contributed by atoms with E-state index in [1.807, 2.05) is 34.9 Å². The highest BCUT2D eigenvalue weighted by Crippen LogP contribution is 2.45. The van der Waals surface area contributed by atoms with Gasteiger partial charge in [0.25, 0.3) is 11.8 Å². The van der Waals surface area contributed by atoms with Crippen LogP contribution in [-0.4, -0.2) is 51.2 Å². The summed E-state index contributed by atoms with van der Waals surface area (Å²) >= 11 is 0. The van der Waals surface area contributed by atoms with Crippen LogP contribution in [0.4, 0.5) is 0 Å². The Bertz CT molecular complexity index is 1050. The molecule has 0 N–H and O–H groups in total. The second-order valence-electron chi connectivity index (χ2n) is 8.00. The number of carbonyl (C=O) groups excluding carboxylic acids is 2. The fourth-order valence-corrected chi connectivity index (χ4v) is 4.72. The Labute approximate surface area is 174 Å². The van der Waals surface area contributed by atoms with E-state index in [-0.39, 0.29) is 29.7 Å². The lowest BCUT2D eigenvalue weighted by Crippen LogP contribution is -2.37. The van der Waals surface area contributed by atoms with Gasteiger partial charge >= 0.3 is 0 Å². The molecule has 1 aromatic carbocycles. The van der Waals surface area contributed by atoms with Gasteiger partial charge in [0.2, 0.25) is 0 Å². The predicted octanol–water partition coefficient (Wildman–Crippen LogP) is 2.96. The first-order chi connectivity index (χ1) is 14.6. The van der Waals surface area contributed by atoms with Crippen molar-refractivity contribution in [2.75, 3.05) is 19.6 Å². The molecule has 3 atom stereocenters. The van der Waals surface area contributed by atoms with Gasteiger partial charge in [-0.05, 0) is 18.6 Å². The van der Waals surface area contributed by atoms with Crippen LogP contribution in [0, 0.1) is 18.8 Å². The van der Waals surface area contributed by atoms with Crippen LogP contribution in [0.3, 0.4) is 0 Å². The summed E-state index contributed by atoms with van der Waals surface area (Å²) < 4.78 is 5.07.